The maximum atomic E-state index is 13.2. The first-order valence-electron chi connectivity index (χ1n) is 8.76. The molecule has 0 aliphatic heterocycles. The molecule has 0 N–H and O–H groups in total. The lowest BCUT2D eigenvalue weighted by Crippen LogP contribution is -2.38. The molecule has 0 spiro atoms. The molecule has 0 aromatic carbocycles. The third-order valence-electron chi connectivity index (χ3n) is 5.04. The molecular formula is C19H22N4O2. The maximum Gasteiger partial charge on any atom is 0.256 e. The van der Waals surface area contributed by atoms with E-state index in [0.29, 0.717) is 12.1 Å². The predicted molar refractivity (Wildman–Crippen MR) is 94.1 cm³/mol. The van der Waals surface area contributed by atoms with E-state index in [1.165, 1.54) is 12.8 Å². The lowest BCUT2D eigenvalue weighted by atomic mass is 10.1. The Balaban J connectivity index is 1.68. The molecule has 0 radical (unpaired) electrons. The highest BCUT2D eigenvalue weighted by molar-refractivity contribution is 5.97. The van der Waals surface area contributed by atoms with Crippen LogP contribution >= 0.6 is 0 Å². The Kier molecular flexibility index (Phi) is 4.03. The second-order valence-corrected chi connectivity index (χ2v) is 6.75. The number of furan rings is 1. The van der Waals surface area contributed by atoms with Crippen LogP contribution in [0.1, 0.15) is 47.5 Å². The average Bonchev–Trinajstić information content (AvgIpc) is 3.35. The highest BCUT2D eigenvalue weighted by atomic mass is 16.3. The summed E-state index contributed by atoms with van der Waals surface area (Å²) in [6, 6.07) is 5.96. The minimum Gasteiger partial charge on any atom is -0.467 e. The van der Waals surface area contributed by atoms with E-state index >= 15 is 0 Å². The summed E-state index contributed by atoms with van der Waals surface area (Å²) in [5, 5.41) is 5.32. The summed E-state index contributed by atoms with van der Waals surface area (Å²) in [6.07, 6.45) is 7.76. The van der Waals surface area contributed by atoms with E-state index in [-0.39, 0.29) is 11.9 Å². The fourth-order valence-electron chi connectivity index (χ4n) is 3.74. The van der Waals surface area contributed by atoms with Crippen LogP contribution in [0.3, 0.4) is 0 Å². The zero-order valence-corrected chi connectivity index (χ0v) is 14.6. The van der Waals surface area contributed by atoms with Crippen molar-refractivity contribution in [1.82, 2.24) is 19.7 Å². The molecule has 4 rings (SSSR count). The van der Waals surface area contributed by atoms with E-state index in [1.54, 1.807) is 17.1 Å². The topological polar surface area (TPSA) is 64.2 Å². The van der Waals surface area contributed by atoms with Gasteiger partial charge in [0.2, 0.25) is 0 Å². The van der Waals surface area contributed by atoms with Crippen molar-refractivity contribution < 1.29 is 9.21 Å². The summed E-state index contributed by atoms with van der Waals surface area (Å²) in [7, 11) is 1.87. The van der Waals surface area contributed by atoms with Gasteiger partial charge < -0.3 is 9.32 Å². The molecule has 25 heavy (non-hydrogen) atoms. The fraction of sp³-hybridized carbons (Fsp3) is 0.421. The zero-order chi connectivity index (χ0) is 17.4. The van der Waals surface area contributed by atoms with Gasteiger partial charge in [-0.05, 0) is 38.0 Å². The van der Waals surface area contributed by atoms with Crippen LogP contribution in [0, 0.1) is 6.92 Å². The summed E-state index contributed by atoms with van der Waals surface area (Å²) in [5.41, 5.74) is 2.30. The Morgan fingerprint density at radius 1 is 1.40 bits per heavy atom. The molecule has 6 nitrogen and oxygen atoms in total. The summed E-state index contributed by atoms with van der Waals surface area (Å²) < 4.78 is 7.23. The summed E-state index contributed by atoms with van der Waals surface area (Å²) in [6.45, 7) is 2.44. The number of carbonyl (C=O) groups is 1. The van der Waals surface area contributed by atoms with Gasteiger partial charge in [-0.1, -0.05) is 12.8 Å². The molecule has 3 aromatic rings. The molecule has 0 unspecified atom stereocenters. The van der Waals surface area contributed by atoms with Gasteiger partial charge >= 0.3 is 0 Å². The molecule has 130 valence electrons. The smallest absolute Gasteiger partial charge is 0.256 e. The lowest BCUT2D eigenvalue weighted by Gasteiger charge is -2.28. The molecule has 1 fully saturated rings. The number of pyridine rings is 1. The number of aromatic nitrogens is 3. The van der Waals surface area contributed by atoms with Gasteiger partial charge in [0, 0.05) is 24.7 Å². The predicted octanol–water partition coefficient (Wildman–Crippen LogP) is 3.45. The van der Waals surface area contributed by atoms with Crippen molar-refractivity contribution in [3.05, 3.63) is 47.7 Å². The van der Waals surface area contributed by atoms with E-state index in [0.717, 1.165) is 35.3 Å². The summed E-state index contributed by atoms with van der Waals surface area (Å²) in [4.78, 5) is 19.6. The Morgan fingerprint density at radius 2 is 2.20 bits per heavy atom. The highest BCUT2D eigenvalue weighted by Crippen LogP contribution is 2.27. The third-order valence-corrected chi connectivity index (χ3v) is 5.04. The van der Waals surface area contributed by atoms with Crippen molar-refractivity contribution in [2.24, 2.45) is 7.05 Å². The average molecular weight is 338 g/mol. The van der Waals surface area contributed by atoms with Crippen LogP contribution < -0.4 is 0 Å². The van der Waals surface area contributed by atoms with E-state index in [2.05, 4.69) is 10.1 Å². The first kappa shape index (κ1) is 15.9. The van der Waals surface area contributed by atoms with E-state index in [1.807, 2.05) is 37.1 Å². The van der Waals surface area contributed by atoms with Gasteiger partial charge in [0.1, 0.15) is 5.76 Å². The Bertz CT molecular complexity index is 892. The van der Waals surface area contributed by atoms with Crippen LogP contribution in [-0.4, -0.2) is 31.6 Å². The number of rotatable bonds is 4. The summed E-state index contributed by atoms with van der Waals surface area (Å²) in [5.74, 6) is 0.827. The minimum atomic E-state index is 0.0148. The van der Waals surface area contributed by atoms with Gasteiger partial charge in [-0.25, -0.2) is 4.98 Å². The SMILES string of the molecule is Cc1nn(C)c2ncc(C(=O)N(Cc3ccco3)C3CCCC3)cc12. The van der Waals surface area contributed by atoms with E-state index in [4.69, 9.17) is 4.42 Å². The molecule has 0 saturated heterocycles. The quantitative estimate of drug-likeness (QED) is 0.731. The van der Waals surface area contributed by atoms with Crippen molar-refractivity contribution in [3.8, 4) is 0 Å². The molecule has 1 aliphatic rings. The van der Waals surface area contributed by atoms with Crippen LogP contribution in [0.5, 0.6) is 0 Å². The number of amides is 1. The number of carbonyl (C=O) groups excluding carboxylic acids is 1. The molecule has 3 heterocycles. The number of nitrogens with zero attached hydrogens (tertiary/aromatic N) is 4. The van der Waals surface area contributed by atoms with Crippen molar-refractivity contribution in [1.29, 1.82) is 0 Å². The minimum absolute atomic E-state index is 0.0148. The maximum absolute atomic E-state index is 13.2. The molecule has 1 saturated carbocycles. The van der Waals surface area contributed by atoms with Gasteiger partial charge in [0.15, 0.2) is 5.65 Å². The van der Waals surface area contributed by atoms with Crippen molar-refractivity contribution in [2.75, 3.05) is 0 Å². The molecule has 1 amide bonds. The van der Waals surface area contributed by atoms with Crippen LogP contribution in [0.4, 0.5) is 0 Å². The third kappa shape index (κ3) is 2.92. The summed E-state index contributed by atoms with van der Waals surface area (Å²) >= 11 is 0. The van der Waals surface area contributed by atoms with Crippen LogP contribution in [0.2, 0.25) is 0 Å². The van der Waals surface area contributed by atoms with Gasteiger partial charge in [-0.3, -0.25) is 9.48 Å². The number of hydrogen-bond acceptors (Lipinski definition) is 4. The first-order chi connectivity index (χ1) is 12.1. The van der Waals surface area contributed by atoms with Gasteiger partial charge in [0.25, 0.3) is 5.91 Å². The lowest BCUT2D eigenvalue weighted by molar-refractivity contribution is 0.0648. The van der Waals surface area contributed by atoms with Crippen molar-refractivity contribution >= 4 is 16.9 Å². The Hall–Kier alpha value is -2.63. The zero-order valence-electron chi connectivity index (χ0n) is 14.6. The molecule has 6 heteroatoms. The number of aryl methyl sites for hydroxylation is 2. The standard InChI is InChI=1S/C19H22N4O2/c1-13-17-10-14(11-20-18(17)22(2)21-13)19(24)23(15-6-3-4-7-15)12-16-8-5-9-25-16/h5,8-11,15H,3-4,6-7,12H2,1-2H3. The van der Waals surface area contributed by atoms with Gasteiger partial charge in [-0.2, -0.15) is 5.10 Å². The van der Waals surface area contributed by atoms with E-state index in [9.17, 15) is 4.79 Å². The number of hydrogen-bond donors (Lipinski definition) is 0. The Morgan fingerprint density at radius 3 is 2.92 bits per heavy atom. The van der Waals surface area contributed by atoms with Crippen LogP contribution in [-0.2, 0) is 13.6 Å². The largest absolute Gasteiger partial charge is 0.467 e. The second-order valence-electron chi connectivity index (χ2n) is 6.75. The van der Waals surface area contributed by atoms with Crippen LogP contribution in [0.25, 0.3) is 11.0 Å². The molecule has 1 aliphatic carbocycles. The highest BCUT2D eigenvalue weighted by Gasteiger charge is 2.28. The van der Waals surface area contributed by atoms with Crippen molar-refractivity contribution in [2.45, 2.75) is 45.2 Å². The molecule has 0 atom stereocenters. The molecular weight excluding hydrogens is 316 g/mol. The fourth-order valence-corrected chi connectivity index (χ4v) is 3.74. The molecule has 3 aromatic heterocycles. The van der Waals surface area contributed by atoms with E-state index < -0.39 is 0 Å². The first-order valence-corrected chi connectivity index (χ1v) is 8.76. The molecule has 0 bridgehead atoms. The monoisotopic (exact) mass is 338 g/mol. The van der Waals surface area contributed by atoms with Gasteiger partial charge in [0.05, 0.1) is 24.1 Å². The second kappa shape index (κ2) is 6.35. The number of fused-ring (bicyclic) bond motifs is 1. The normalized spacial score (nSPS) is 15.1. The Labute approximate surface area is 146 Å². The van der Waals surface area contributed by atoms with Crippen LogP contribution in [0.15, 0.2) is 35.1 Å². The van der Waals surface area contributed by atoms with Crippen molar-refractivity contribution in [3.63, 3.8) is 0 Å². The van der Waals surface area contributed by atoms with Gasteiger partial charge in [-0.15, -0.1) is 0 Å².